The van der Waals surface area contributed by atoms with E-state index in [1.54, 1.807) is 25.2 Å². The van der Waals surface area contributed by atoms with Gasteiger partial charge in [-0.1, -0.05) is 18.2 Å². The van der Waals surface area contributed by atoms with Gasteiger partial charge in [0.1, 0.15) is 5.82 Å². The van der Waals surface area contributed by atoms with Gasteiger partial charge in [0.15, 0.2) is 0 Å². The molecule has 7 heteroatoms. The first-order chi connectivity index (χ1) is 12.6. The molecule has 0 bridgehead atoms. The van der Waals surface area contributed by atoms with Crippen LogP contribution in [0, 0.1) is 17.1 Å². The van der Waals surface area contributed by atoms with E-state index < -0.39 is 0 Å². The van der Waals surface area contributed by atoms with Gasteiger partial charge in [0.05, 0.1) is 25.8 Å². The van der Waals surface area contributed by atoms with Crippen molar-refractivity contribution in [3.63, 3.8) is 0 Å². The molecule has 1 aromatic carbocycles. The lowest BCUT2D eigenvalue weighted by atomic mass is 10.2. The van der Waals surface area contributed by atoms with Crippen molar-refractivity contribution >= 4 is 5.91 Å². The first kappa shape index (κ1) is 20.3. The number of likely N-dealkylation sites (N-methyl/N-ethyl adjacent to an activating group) is 1. The lowest BCUT2D eigenvalue weighted by Crippen LogP contribution is -2.44. The lowest BCUT2D eigenvalue weighted by Gasteiger charge is -2.30. The van der Waals surface area contributed by atoms with E-state index in [2.05, 4.69) is 11.0 Å². The van der Waals surface area contributed by atoms with Gasteiger partial charge >= 0.3 is 0 Å². The highest BCUT2D eigenvalue weighted by atomic mass is 19.1. The third-order valence-electron chi connectivity index (χ3n) is 4.53. The van der Waals surface area contributed by atoms with E-state index in [-0.39, 0.29) is 24.8 Å². The lowest BCUT2D eigenvalue weighted by molar-refractivity contribution is -0.131. The van der Waals surface area contributed by atoms with Gasteiger partial charge in [-0.3, -0.25) is 14.6 Å². The average Bonchev–Trinajstić information content (AvgIpc) is 2.66. The third kappa shape index (κ3) is 6.71. The first-order valence-corrected chi connectivity index (χ1v) is 8.97. The standard InChI is InChI=1S/C19H27FN4O2/c1-22(15-17-5-2-3-6-18(17)20)19(25)16-24(8-4-7-21)10-9-23-11-13-26-14-12-23/h2-3,5-6H,4,8-16H2,1H3. The molecular formula is C19H27FN4O2. The molecule has 0 atom stereocenters. The molecular weight excluding hydrogens is 335 g/mol. The van der Waals surface area contributed by atoms with Gasteiger partial charge < -0.3 is 9.64 Å². The number of amides is 1. The fourth-order valence-electron chi connectivity index (χ4n) is 2.87. The van der Waals surface area contributed by atoms with Crippen LogP contribution in [-0.4, -0.2) is 80.1 Å². The molecule has 0 unspecified atom stereocenters. The van der Waals surface area contributed by atoms with Gasteiger partial charge in [0, 0.05) is 58.3 Å². The summed E-state index contributed by atoms with van der Waals surface area (Å²) in [6.07, 6.45) is 0.382. The van der Waals surface area contributed by atoms with E-state index in [1.165, 1.54) is 11.0 Å². The fourth-order valence-corrected chi connectivity index (χ4v) is 2.87. The first-order valence-electron chi connectivity index (χ1n) is 8.97. The molecule has 2 rings (SSSR count). The number of morpholine rings is 1. The number of halogens is 1. The Balaban J connectivity index is 1.85. The Morgan fingerprint density at radius 1 is 1.31 bits per heavy atom. The molecule has 0 aromatic heterocycles. The van der Waals surface area contributed by atoms with Crippen molar-refractivity contribution in [3.05, 3.63) is 35.6 Å². The molecule has 1 amide bonds. The molecule has 1 aliphatic heterocycles. The maximum absolute atomic E-state index is 13.8. The number of carbonyl (C=O) groups excluding carboxylic acids is 1. The maximum Gasteiger partial charge on any atom is 0.236 e. The summed E-state index contributed by atoms with van der Waals surface area (Å²) in [7, 11) is 1.68. The average molecular weight is 362 g/mol. The number of nitrogens with zero attached hydrogens (tertiary/aromatic N) is 4. The maximum atomic E-state index is 13.8. The molecule has 6 nitrogen and oxygen atoms in total. The number of rotatable bonds is 9. The SMILES string of the molecule is CN(Cc1ccccc1F)C(=O)CN(CCC#N)CCN1CCOCC1. The van der Waals surface area contributed by atoms with Gasteiger partial charge in [-0.05, 0) is 6.07 Å². The number of carbonyl (C=O) groups is 1. The van der Waals surface area contributed by atoms with Crippen LogP contribution in [0.5, 0.6) is 0 Å². The molecule has 1 saturated heterocycles. The summed E-state index contributed by atoms with van der Waals surface area (Å²) < 4.78 is 19.1. The van der Waals surface area contributed by atoms with E-state index in [1.807, 2.05) is 4.90 Å². The molecule has 0 saturated carbocycles. The van der Waals surface area contributed by atoms with Crippen molar-refractivity contribution in [1.82, 2.24) is 14.7 Å². The van der Waals surface area contributed by atoms with Crippen molar-refractivity contribution in [2.24, 2.45) is 0 Å². The monoisotopic (exact) mass is 362 g/mol. The summed E-state index contributed by atoms with van der Waals surface area (Å²) in [6.45, 7) is 5.86. The van der Waals surface area contributed by atoms with Crippen LogP contribution >= 0.6 is 0 Å². The molecule has 142 valence electrons. The molecule has 26 heavy (non-hydrogen) atoms. The molecule has 0 radical (unpaired) electrons. The van der Waals surface area contributed by atoms with E-state index in [0.717, 1.165) is 39.4 Å². The quantitative estimate of drug-likeness (QED) is 0.663. The minimum absolute atomic E-state index is 0.0758. The van der Waals surface area contributed by atoms with Gasteiger partial charge in [0.25, 0.3) is 0 Å². The molecule has 0 aliphatic carbocycles. The molecule has 0 spiro atoms. The normalized spacial score (nSPS) is 15.0. The molecule has 1 fully saturated rings. The second-order valence-corrected chi connectivity index (χ2v) is 6.48. The smallest absolute Gasteiger partial charge is 0.236 e. The van der Waals surface area contributed by atoms with E-state index in [9.17, 15) is 9.18 Å². The zero-order chi connectivity index (χ0) is 18.8. The Kier molecular flexibility index (Phi) is 8.48. The number of nitriles is 1. The zero-order valence-corrected chi connectivity index (χ0v) is 15.4. The topological polar surface area (TPSA) is 59.8 Å². The van der Waals surface area contributed by atoms with Gasteiger partial charge in [-0.2, -0.15) is 5.26 Å². The van der Waals surface area contributed by atoms with Crippen molar-refractivity contribution in [2.45, 2.75) is 13.0 Å². The van der Waals surface area contributed by atoms with Gasteiger partial charge in [-0.25, -0.2) is 4.39 Å². The number of ether oxygens (including phenoxy) is 1. The van der Waals surface area contributed by atoms with Crippen molar-refractivity contribution in [2.75, 3.05) is 59.5 Å². The largest absolute Gasteiger partial charge is 0.379 e. The minimum Gasteiger partial charge on any atom is -0.379 e. The summed E-state index contributed by atoms with van der Waals surface area (Å²) >= 11 is 0. The van der Waals surface area contributed by atoms with Crippen LogP contribution in [-0.2, 0) is 16.1 Å². The van der Waals surface area contributed by atoms with Crippen molar-refractivity contribution < 1.29 is 13.9 Å². The van der Waals surface area contributed by atoms with Crippen LogP contribution in [0.4, 0.5) is 4.39 Å². The Hall–Kier alpha value is -2.01. The number of hydrogen-bond acceptors (Lipinski definition) is 5. The van der Waals surface area contributed by atoms with Gasteiger partial charge in [-0.15, -0.1) is 0 Å². The number of benzene rings is 1. The Bertz CT molecular complexity index is 614. The van der Waals surface area contributed by atoms with Crippen molar-refractivity contribution in [3.8, 4) is 6.07 Å². The van der Waals surface area contributed by atoms with Crippen LogP contribution < -0.4 is 0 Å². The third-order valence-corrected chi connectivity index (χ3v) is 4.53. The predicted molar refractivity (Wildman–Crippen MR) is 96.8 cm³/mol. The Morgan fingerprint density at radius 3 is 2.73 bits per heavy atom. The number of hydrogen-bond donors (Lipinski definition) is 0. The minimum atomic E-state index is -0.305. The predicted octanol–water partition coefficient (Wildman–Crippen LogP) is 1.33. The van der Waals surface area contributed by atoms with Crippen LogP contribution in [0.2, 0.25) is 0 Å². The Morgan fingerprint density at radius 2 is 2.04 bits per heavy atom. The molecule has 1 heterocycles. The highest BCUT2D eigenvalue weighted by Crippen LogP contribution is 2.09. The van der Waals surface area contributed by atoms with Crippen LogP contribution in [0.25, 0.3) is 0 Å². The van der Waals surface area contributed by atoms with Crippen LogP contribution in [0.1, 0.15) is 12.0 Å². The molecule has 0 N–H and O–H groups in total. The van der Waals surface area contributed by atoms with E-state index >= 15 is 0 Å². The fraction of sp³-hybridized carbons (Fsp3) is 0.579. The zero-order valence-electron chi connectivity index (χ0n) is 15.4. The Labute approximate surface area is 154 Å². The highest BCUT2D eigenvalue weighted by Gasteiger charge is 2.17. The molecule has 1 aromatic rings. The highest BCUT2D eigenvalue weighted by molar-refractivity contribution is 5.78. The molecule has 1 aliphatic rings. The second-order valence-electron chi connectivity index (χ2n) is 6.48. The van der Waals surface area contributed by atoms with Crippen molar-refractivity contribution in [1.29, 1.82) is 5.26 Å². The summed E-state index contributed by atoms with van der Waals surface area (Å²) in [5, 5.41) is 8.86. The summed E-state index contributed by atoms with van der Waals surface area (Å²) in [5.41, 5.74) is 0.500. The summed E-state index contributed by atoms with van der Waals surface area (Å²) in [4.78, 5) is 18.4. The van der Waals surface area contributed by atoms with E-state index in [0.29, 0.717) is 18.5 Å². The summed E-state index contributed by atoms with van der Waals surface area (Å²) in [6, 6.07) is 8.62. The second kappa shape index (κ2) is 10.9. The van der Waals surface area contributed by atoms with Crippen LogP contribution in [0.3, 0.4) is 0 Å². The van der Waals surface area contributed by atoms with E-state index in [4.69, 9.17) is 10.00 Å². The summed E-state index contributed by atoms with van der Waals surface area (Å²) in [5.74, 6) is -0.381. The van der Waals surface area contributed by atoms with Gasteiger partial charge in [0.2, 0.25) is 5.91 Å². The van der Waals surface area contributed by atoms with Crippen LogP contribution in [0.15, 0.2) is 24.3 Å².